The second-order valence-electron chi connectivity index (χ2n) is 10.7. The van der Waals surface area contributed by atoms with Crippen molar-refractivity contribution < 1.29 is 19.7 Å². The fraction of sp³-hybridized carbons (Fsp3) is 0.452. The zero-order valence-electron chi connectivity index (χ0n) is 22.0. The van der Waals surface area contributed by atoms with Gasteiger partial charge in [-0.3, -0.25) is 0 Å². The SMILES string of the molecule is CCC(CCc1ccc(OC(CC)C(O)C(C)(C)C)c(C)c1)c1ccc2cc(C(=O)O)ccc2c1. The van der Waals surface area contributed by atoms with Gasteiger partial charge in [0.15, 0.2) is 0 Å². The van der Waals surface area contributed by atoms with Crippen molar-refractivity contribution in [2.45, 2.75) is 85.4 Å². The summed E-state index contributed by atoms with van der Waals surface area (Å²) in [7, 11) is 0. The van der Waals surface area contributed by atoms with Gasteiger partial charge in [0.25, 0.3) is 0 Å². The van der Waals surface area contributed by atoms with Crippen molar-refractivity contribution >= 4 is 16.7 Å². The van der Waals surface area contributed by atoms with E-state index in [1.807, 2.05) is 45.9 Å². The predicted octanol–water partition coefficient (Wildman–Crippen LogP) is 7.54. The Kier molecular flexibility index (Phi) is 8.60. The molecular weight excluding hydrogens is 436 g/mol. The van der Waals surface area contributed by atoms with Crippen molar-refractivity contribution in [3.8, 4) is 5.75 Å². The lowest BCUT2D eigenvalue weighted by Crippen LogP contribution is -2.41. The molecule has 4 nitrogen and oxygen atoms in total. The van der Waals surface area contributed by atoms with Gasteiger partial charge in [-0.2, -0.15) is 0 Å². The number of hydrogen-bond donors (Lipinski definition) is 2. The van der Waals surface area contributed by atoms with Gasteiger partial charge in [0.2, 0.25) is 0 Å². The second kappa shape index (κ2) is 11.3. The smallest absolute Gasteiger partial charge is 0.335 e. The van der Waals surface area contributed by atoms with Gasteiger partial charge in [0.1, 0.15) is 11.9 Å². The van der Waals surface area contributed by atoms with Gasteiger partial charge in [-0.05, 0) is 89.6 Å². The van der Waals surface area contributed by atoms with E-state index in [0.717, 1.165) is 47.8 Å². The molecule has 0 amide bonds. The molecule has 0 aliphatic heterocycles. The highest BCUT2D eigenvalue weighted by Gasteiger charge is 2.31. The highest BCUT2D eigenvalue weighted by atomic mass is 16.5. The highest BCUT2D eigenvalue weighted by molar-refractivity contribution is 5.94. The summed E-state index contributed by atoms with van der Waals surface area (Å²) in [6, 6.07) is 18.1. The first-order valence-electron chi connectivity index (χ1n) is 12.7. The molecule has 3 aromatic rings. The van der Waals surface area contributed by atoms with Gasteiger partial charge < -0.3 is 14.9 Å². The third-order valence-electron chi connectivity index (χ3n) is 7.02. The highest BCUT2D eigenvalue weighted by Crippen LogP contribution is 2.31. The van der Waals surface area contributed by atoms with E-state index in [2.05, 4.69) is 38.1 Å². The van der Waals surface area contributed by atoms with Crippen molar-refractivity contribution in [1.82, 2.24) is 0 Å². The van der Waals surface area contributed by atoms with Crippen LogP contribution in [0.25, 0.3) is 10.8 Å². The number of hydrogen-bond acceptors (Lipinski definition) is 3. The normalized spacial score (nSPS) is 14.5. The van der Waals surface area contributed by atoms with E-state index in [0.29, 0.717) is 11.5 Å². The number of carboxylic acids is 1. The molecule has 0 spiro atoms. The average Bonchev–Trinajstić information content (AvgIpc) is 2.82. The molecule has 3 rings (SSSR count). The molecule has 0 fully saturated rings. The lowest BCUT2D eigenvalue weighted by Gasteiger charge is -2.33. The zero-order valence-corrected chi connectivity index (χ0v) is 22.0. The molecule has 2 N–H and O–H groups in total. The lowest BCUT2D eigenvalue weighted by atomic mass is 9.85. The fourth-order valence-electron chi connectivity index (χ4n) is 4.69. The third kappa shape index (κ3) is 6.64. The summed E-state index contributed by atoms with van der Waals surface area (Å²) < 4.78 is 6.23. The van der Waals surface area contributed by atoms with Crippen LogP contribution in [0.2, 0.25) is 0 Å². The number of aliphatic hydroxyl groups excluding tert-OH is 1. The minimum absolute atomic E-state index is 0.231. The molecule has 35 heavy (non-hydrogen) atoms. The van der Waals surface area contributed by atoms with Crippen LogP contribution in [0, 0.1) is 12.3 Å². The number of fused-ring (bicyclic) bond motifs is 1. The number of aromatic carboxylic acids is 1. The molecule has 3 unspecified atom stereocenters. The Morgan fingerprint density at radius 1 is 0.943 bits per heavy atom. The van der Waals surface area contributed by atoms with Crippen LogP contribution in [-0.4, -0.2) is 28.4 Å². The molecule has 0 aliphatic rings. The minimum Gasteiger partial charge on any atom is -0.487 e. The Morgan fingerprint density at radius 3 is 2.23 bits per heavy atom. The molecule has 188 valence electrons. The molecule has 3 atom stereocenters. The Bertz CT molecular complexity index is 1160. The summed E-state index contributed by atoms with van der Waals surface area (Å²) in [6.07, 6.45) is 3.04. The Balaban J connectivity index is 1.69. The van der Waals surface area contributed by atoms with Crippen molar-refractivity contribution in [3.63, 3.8) is 0 Å². The van der Waals surface area contributed by atoms with E-state index in [-0.39, 0.29) is 11.5 Å². The monoisotopic (exact) mass is 476 g/mol. The molecule has 0 aliphatic carbocycles. The largest absolute Gasteiger partial charge is 0.487 e. The summed E-state index contributed by atoms with van der Waals surface area (Å²) in [4.78, 5) is 11.2. The van der Waals surface area contributed by atoms with Crippen LogP contribution in [-0.2, 0) is 6.42 Å². The van der Waals surface area contributed by atoms with Crippen LogP contribution < -0.4 is 4.74 Å². The van der Waals surface area contributed by atoms with E-state index >= 15 is 0 Å². The van der Waals surface area contributed by atoms with Crippen LogP contribution >= 0.6 is 0 Å². The summed E-state index contributed by atoms with van der Waals surface area (Å²) in [5.41, 5.74) is 3.75. The number of aliphatic hydroxyl groups is 1. The number of rotatable bonds is 10. The van der Waals surface area contributed by atoms with Gasteiger partial charge in [0.05, 0.1) is 11.7 Å². The van der Waals surface area contributed by atoms with Gasteiger partial charge in [-0.25, -0.2) is 4.79 Å². The molecule has 0 radical (unpaired) electrons. The van der Waals surface area contributed by atoms with Crippen molar-refractivity contribution in [2.75, 3.05) is 0 Å². The predicted molar refractivity (Wildman–Crippen MR) is 144 cm³/mol. The van der Waals surface area contributed by atoms with Crippen molar-refractivity contribution in [2.24, 2.45) is 5.41 Å². The topological polar surface area (TPSA) is 66.8 Å². The van der Waals surface area contributed by atoms with E-state index in [1.165, 1.54) is 11.1 Å². The fourth-order valence-corrected chi connectivity index (χ4v) is 4.69. The Labute approximate surface area is 210 Å². The van der Waals surface area contributed by atoms with Gasteiger partial charge >= 0.3 is 5.97 Å². The van der Waals surface area contributed by atoms with E-state index < -0.39 is 12.1 Å². The van der Waals surface area contributed by atoms with Crippen LogP contribution in [0.5, 0.6) is 5.75 Å². The number of ether oxygens (including phenoxy) is 1. The summed E-state index contributed by atoms with van der Waals surface area (Å²) in [5, 5.41) is 21.9. The molecule has 0 saturated heterocycles. The van der Waals surface area contributed by atoms with Crippen molar-refractivity contribution in [1.29, 1.82) is 0 Å². The van der Waals surface area contributed by atoms with Crippen LogP contribution in [0.4, 0.5) is 0 Å². The number of carbonyl (C=O) groups is 1. The molecule has 4 heteroatoms. The van der Waals surface area contributed by atoms with Crippen LogP contribution in [0.1, 0.15) is 86.8 Å². The minimum atomic E-state index is -0.898. The van der Waals surface area contributed by atoms with E-state index in [1.54, 1.807) is 12.1 Å². The molecule has 0 heterocycles. The van der Waals surface area contributed by atoms with E-state index in [4.69, 9.17) is 4.74 Å². The third-order valence-corrected chi connectivity index (χ3v) is 7.02. The summed E-state index contributed by atoms with van der Waals surface area (Å²) in [5.74, 6) is 0.372. The molecule has 0 aromatic heterocycles. The number of aryl methyl sites for hydroxylation is 2. The lowest BCUT2D eigenvalue weighted by molar-refractivity contribution is -0.0331. The van der Waals surface area contributed by atoms with Gasteiger partial charge in [-0.1, -0.05) is 71.0 Å². The quantitative estimate of drug-likeness (QED) is 0.317. The van der Waals surface area contributed by atoms with Crippen LogP contribution in [0.3, 0.4) is 0 Å². The van der Waals surface area contributed by atoms with Gasteiger partial charge in [0, 0.05) is 0 Å². The van der Waals surface area contributed by atoms with Gasteiger partial charge in [-0.15, -0.1) is 0 Å². The summed E-state index contributed by atoms with van der Waals surface area (Å²) >= 11 is 0. The maximum Gasteiger partial charge on any atom is 0.335 e. The molecule has 0 bridgehead atoms. The first-order valence-corrected chi connectivity index (χ1v) is 12.7. The summed E-state index contributed by atoms with van der Waals surface area (Å²) in [6.45, 7) is 12.4. The van der Waals surface area contributed by atoms with Crippen LogP contribution in [0.15, 0.2) is 54.6 Å². The Hall–Kier alpha value is -2.85. The molecule has 3 aromatic carbocycles. The second-order valence-corrected chi connectivity index (χ2v) is 10.7. The standard InChI is InChI=1S/C31H40O4/c1-7-22(23-12-13-25-19-26(30(33)34)15-14-24(25)18-23)11-9-21-10-16-28(20(3)17-21)35-27(8-2)29(32)31(4,5)6/h10,12-19,22,27,29,32H,7-9,11H2,1-6H3,(H,33,34). The van der Waals surface area contributed by atoms with E-state index in [9.17, 15) is 15.0 Å². The maximum atomic E-state index is 11.2. The van der Waals surface area contributed by atoms with Crippen molar-refractivity contribution in [3.05, 3.63) is 76.9 Å². The first kappa shape index (κ1) is 26.7. The Morgan fingerprint density at radius 2 is 1.63 bits per heavy atom. The average molecular weight is 477 g/mol. The molecule has 0 saturated carbocycles. The molecular formula is C31H40O4. The maximum absolute atomic E-state index is 11.2. The first-order chi connectivity index (χ1) is 16.5. The zero-order chi connectivity index (χ0) is 25.8. The number of benzene rings is 3. The number of carboxylic acid groups (broad SMARTS) is 1.